The van der Waals surface area contributed by atoms with Gasteiger partial charge in [0.15, 0.2) is 0 Å². The van der Waals surface area contributed by atoms with Crippen molar-refractivity contribution in [1.82, 2.24) is 4.90 Å². The van der Waals surface area contributed by atoms with E-state index in [0.717, 1.165) is 11.1 Å². The fourth-order valence-electron chi connectivity index (χ4n) is 2.25. The van der Waals surface area contributed by atoms with Gasteiger partial charge in [0.1, 0.15) is 5.82 Å². The molecule has 0 spiro atoms. The quantitative estimate of drug-likeness (QED) is 0.938. The molecule has 0 unspecified atom stereocenters. The highest BCUT2D eigenvalue weighted by molar-refractivity contribution is 6.00. The Bertz CT molecular complexity index is 650. The molecular weight excluding hydrogens is 267 g/mol. The van der Waals surface area contributed by atoms with E-state index < -0.39 is 11.7 Å². The molecule has 0 heterocycles. The summed E-state index contributed by atoms with van der Waals surface area (Å²) >= 11 is 0. The lowest BCUT2D eigenvalue weighted by molar-refractivity contribution is 0.0997. The molecule has 0 bridgehead atoms. The number of nitrogens with two attached hydrogens (primary N) is 1. The fraction of sp³-hybridized carbons (Fsp3) is 0.235. The van der Waals surface area contributed by atoms with E-state index in [4.69, 9.17) is 5.73 Å². The lowest BCUT2D eigenvalue weighted by atomic mass is 9.96. The maximum atomic E-state index is 13.8. The first-order chi connectivity index (χ1) is 9.91. The maximum Gasteiger partial charge on any atom is 0.252 e. The monoisotopic (exact) mass is 286 g/mol. The van der Waals surface area contributed by atoms with E-state index in [9.17, 15) is 9.18 Å². The van der Waals surface area contributed by atoms with Crippen LogP contribution in [0, 0.1) is 5.82 Å². The Kier molecular flexibility index (Phi) is 4.38. The van der Waals surface area contributed by atoms with Crippen LogP contribution in [-0.2, 0) is 0 Å². The fourth-order valence-corrected chi connectivity index (χ4v) is 2.25. The van der Waals surface area contributed by atoms with E-state index in [1.54, 1.807) is 12.1 Å². The zero-order valence-electron chi connectivity index (χ0n) is 12.4. The number of primary amides is 1. The highest BCUT2D eigenvalue weighted by atomic mass is 19.1. The van der Waals surface area contributed by atoms with E-state index in [-0.39, 0.29) is 11.6 Å². The van der Waals surface area contributed by atoms with Crippen LogP contribution < -0.4 is 5.73 Å². The summed E-state index contributed by atoms with van der Waals surface area (Å²) in [6.07, 6.45) is 0. The third-order valence-corrected chi connectivity index (χ3v) is 3.74. The highest BCUT2D eigenvalue weighted by Gasteiger charge is 2.15. The molecule has 0 saturated carbocycles. The van der Waals surface area contributed by atoms with Crippen molar-refractivity contribution in [3.05, 3.63) is 59.4 Å². The van der Waals surface area contributed by atoms with Gasteiger partial charge in [-0.1, -0.05) is 36.4 Å². The van der Waals surface area contributed by atoms with Gasteiger partial charge in [0.05, 0.1) is 5.56 Å². The summed E-state index contributed by atoms with van der Waals surface area (Å²) in [4.78, 5) is 13.6. The summed E-state index contributed by atoms with van der Waals surface area (Å²) in [6.45, 7) is 2.10. The van der Waals surface area contributed by atoms with Gasteiger partial charge in [0, 0.05) is 6.04 Å². The molecule has 0 saturated heterocycles. The minimum absolute atomic E-state index is 0.0640. The smallest absolute Gasteiger partial charge is 0.252 e. The van der Waals surface area contributed by atoms with Crippen molar-refractivity contribution in [2.75, 3.05) is 14.1 Å². The second-order valence-electron chi connectivity index (χ2n) is 5.29. The molecule has 1 amide bonds. The van der Waals surface area contributed by atoms with Crippen molar-refractivity contribution in [3.63, 3.8) is 0 Å². The van der Waals surface area contributed by atoms with Gasteiger partial charge in [-0.15, -0.1) is 0 Å². The molecular formula is C17H19FN2O. The molecule has 0 aliphatic rings. The molecule has 110 valence electrons. The molecule has 0 fully saturated rings. The third-order valence-electron chi connectivity index (χ3n) is 3.74. The van der Waals surface area contributed by atoms with Crippen molar-refractivity contribution >= 4 is 5.91 Å². The first-order valence-corrected chi connectivity index (χ1v) is 6.77. The molecule has 0 aliphatic carbocycles. The molecule has 21 heavy (non-hydrogen) atoms. The molecule has 4 heteroatoms. The Morgan fingerprint density at radius 1 is 1.14 bits per heavy atom. The van der Waals surface area contributed by atoms with Crippen molar-refractivity contribution < 1.29 is 9.18 Å². The second kappa shape index (κ2) is 6.06. The lowest BCUT2D eigenvalue weighted by Gasteiger charge is -2.20. The molecule has 2 N–H and O–H groups in total. The molecule has 2 aromatic rings. The Labute approximate surface area is 124 Å². The summed E-state index contributed by atoms with van der Waals surface area (Å²) in [6, 6.07) is 12.5. The van der Waals surface area contributed by atoms with Gasteiger partial charge in [-0.3, -0.25) is 4.79 Å². The van der Waals surface area contributed by atoms with Crippen molar-refractivity contribution in [2.24, 2.45) is 5.73 Å². The normalized spacial score (nSPS) is 12.4. The zero-order chi connectivity index (χ0) is 15.6. The second-order valence-corrected chi connectivity index (χ2v) is 5.29. The highest BCUT2D eigenvalue weighted by Crippen LogP contribution is 2.27. The van der Waals surface area contributed by atoms with Gasteiger partial charge in [-0.2, -0.15) is 0 Å². The van der Waals surface area contributed by atoms with Crippen molar-refractivity contribution in [1.29, 1.82) is 0 Å². The largest absolute Gasteiger partial charge is 0.365 e. The molecule has 0 aromatic heterocycles. The number of benzene rings is 2. The van der Waals surface area contributed by atoms with E-state index in [1.807, 2.05) is 38.4 Å². The Balaban J connectivity index is 2.45. The molecule has 0 aliphatic heterocycles. The first kappa shape index (κ1) is 15.2. The molecule has 3 nitrogen and oxygen atoms in total. The SMILES string of the molecule is C[C@@H](c1ccc(-c2cccc(F)c2C(N)=O)cc1)N(C)C. The van der Waals surface area contributed by atoms with Gasteiger partial charge < -0.3 is 10.6 Å². The number of carbonyl (C=O) groups is 1. The summed E-state index contributed by atoms with van der Waals surface area (Å²) in [5.41, 5.74) is 7.67. The van der Waals surface area contributed by atoms with Crippen LogP contribution >= 0.6 is 0 Å². The Morgan fingerprint density at radius 3 is 2.29 bits per heavy atom. The predicted octanol–water partition coefficient (Wildman–Crippen LogP) is 3.21. The van der Waals surface area contributed by atoms with Crippen LogP contribution in [-0.4, -0.2) is 24.9 Å². The topological polar surface area (TPSA) is 46.3 Å². The van der Waals surface area contributed by atoms with Crippen LogP contribution in [0.25, 0.3) is 11.1 Å². The third kappa shape index (κ3) is 3.11. The van der Waals surface area contributed by atoms with Gasteiger partial charge in [-0.05, 0) is 43.8 Å². The van der Waals surface area contributed by atoms with Crippen LogP contribution in [0.1, 0.15) is 28.9 Å². The number of hydrogen-bond acceptors (Lipinski definition) is 2. The number of carbonyl (C=O) groups excluding carboxylic acids is 1. The van der Waals surface area contributed by atoms with Gasteiger partial charge in [-0.25, -0.2) is 4.39 Å². The molecule has 2 aromatic carbocycles. The van der Waals surface area contributed by atoms with Gasteiger partial charge >= 0.3 is 0 Å². The Hall–Kier alpha value is -2.20. The van der Waals surface area contributed by atoms with Crippen LogP contribution in [0.4, 0.5) is 4.39 Å². The van der Waals surface area contributed by atoms with Crippen LogP contribution in [0.2, 0.25) is 0 Å². The zero-order valence-corrected chi connectivity index (χ0v) is 12.4. The summed E-state index contributed by atoms with van der Waals surface area (Å²) in [5, 5.41) is 0. The summed E-state index contributed by atoms with van der Waals surface area (Å²) in [7, 11) is 4.02. The standard InChI is InChI=1S/C17H19FN2O/c1-11(20(2)3)12-7-9-13(10-8-12)14-5-4-6-15(18)16(14)17(19)21/h4-11H,1-3H3,(H2,19,21)/t11-/m0/s1. The van der Waals surface area contributed by atoms with Crippen LogP contribution in [0.3, 0.4) is 0 Å². The first-order valence-electron chi connectivity index (χ1n) is 6.77. The molecule has 0 radical (unpaired) electrons. The van der Waals surface area contributed by atoms with Crippen molar-refractivity contribution in [3.8, 4) is 11.1 Å². The Morgan fingerprint density at radius 2 is 1.76 bits per heavy atom. The summed E-state index contributed by atoms with van der Waals surface area (Å²) in [5.74, 6) is -1.35. The van der Waals surface area contributed by atoms with E-state index in [1.165, 1.54) is 6.07 Å². The van der Waals surface area contributed by atoms with E-state index in [2.05, 4.69) is 11.8 Å². The lowest BCUT2D eigenvalue weighted by Crippen LogP contribution is -2.16. The average molecular weight is 286 g/mol. The minimum Gasteiger partial charge on any atom is -0.365 e. The van der Waals surface area contributed by atoms with Gasteiger partial charge in [0.2, 0.25) is 0 Å². The predicted molar refractivity (Wildman–Crippen MR) is 82.5 cm³/mol. The molecule has 2 rings (SSSR count). The maximum absolute atomic E-state index is 13.8. The minimum atomic E-state index is -0.756. The van der Waals surface area contributed by atoms with E-state index in [0.29, 0.717) is 5.56 Å². The van der Waals surface area contributed by atoms with Crippen LogP contribution in [0.15, 0.2) is 42.5 Å². The van der Waals surface area contributed by atoms with Crippen molar-refractivity contribution in [2.45, 2.75) is 13.0 Å². The number of nitrogens with zero attached hydrogens (tertiary/aromatic N) is 1. The number of hydrogen-bond donors (Lipinski definition) is 1. The number of rotatable bonds is 4. The summed E-state index contributed by atoms with van der Waals surface area (Å²) < 4.78 is 13.8. The van der Waals surface area contributed by atoms with E-state index >= 15 is 0 Å². The van der Waals surface area contributed by atoms with Gasteiger partial charge in [0.25, 0.3) is 5.91 Å². The molecule has 1 atom stereocenters. The average Bonchev–Trinajstić information content (AvgIpc) is 2.46. The number of halogens is 1. The van der Waals surface area contributed by atoms with Crippen LogP contribution in [0.5, 0.6) is 0 Å². The number of amides is 1.